The lowest BCUT2D eigenvalue weighted by atomic mass is 10.2. The Morgan fingerprint density at radius 3 is 2.59 bits per heavy atom. The molecule has 0 bridgehead atoms. The average molecular weight is 363 g/mol. The Morgan fingerprint density at radius 1 is 1.32 bits per heavy atom. The molecule has 22 heavy (non-hydrogen) atoms. The molecule has 0 saturated carbocycles. The number of carbonyl (C=O) groups is 1. The molecule has 1 heterocycles. The molecular weight excluding hydrogens is 344 g/mol. The summed E-state index contributed by atoms with van der Waals surface area (Å²) >= 11 is 3.45. The van der Waals surface area contributed by atoms with E-state index in [1.54, 1.807) is 0 Å². The molecule has 0 radical (unpaired) electrons. The van der Waals surface area contributed by atoms with E-state index in [9.17, 15) is 4.79 Å². The van der Waals surface area contributed by atoms with Crippen molar-refractivity contribution >= 4 is 33.5 Å². The van der Waals surface area contributed by atoms with Crippen LogP contribution in [0.1, 0.15) is 36.2 Å². The van der Waals surface area contributed by atoms with Crippen LogP contribution in [0.4, 0.5) is 11.6 Å². The molecule has 1 aromatic heterocycles. The van der Waals surface area contributed by atoms with Crippen molar-refractivity contribution in [3.05, 3.63) is 46.2 Å². The van der Waals surface area contributed by atoms with Gasteiger partial charge >= 0.3 is 0 Å². The van der Waals surface area contributed by atoms with Crippen LogP contribution in [-0.2, 0) is 0 Å². The van der Waals surface area contributed by atoms with Crippen molar-refractivity contribution in [2.24, 2.45) is 0 Å². The highest BCUT2D eigenvalue weighted by molar-refractivity contribution is 9.10. The van der Waals surface area contributed by atoms with Crippen molar-refractivity contribution in [1.29, 1.82) is 0 Å². The smallest absolute Gasteiger partial charge is 0.258 e. The number of aromatic nitrogens is 2. The van der Waals surface area contributed by atoms with Crippen molar-refractivity contribution in [2.45, 2.75) is 33.2 Å². The van der Waals surface area contributed by atoms with Gasteiger partial charge in [0.2, 0.25) is 5.95 Å². The van der Waals surface area contributed by atoms with E-state index in [0.29, 0.717) is 17.6 Å². The molecule has 0 fully saturated rings. The molecule has 2 N–H and O–H groups in total. The van der Waals surface area contributed by atoms with Crippen molar-refractivity contribution in [3.63, 3.8) is 0 Å². The highest BCUT2D eigenvalue weighted by Gasteiger charge is 2.09. The predicted molar refractivity (Wildman–Crippen MR) is 92.2 cm³/mol. The Labute approximate surface area is 138 Å². The quantitative estimate of drug-likeness (QED) is 0.842. The molecule has 0 aliphatic heterocycles. The lowest BCUT2D eigenvalue weighted by molar-refractivity contribution is 0.102. The maximum Gasteiger partial charge on any atom is 0.258 e. The van der Waals surface area contributed by atoms with E-state index in [1.807, 2.05) is 25.1 Å². The summed E-state index contributed by atoms with van der Waals surface area (Å²) in [7, 11) is 0. The summed E-state index contributed by atoms with van der Waals surface area (Å²) in [6, 6.07) is 5.96. The van der Waals surface area contributed by atoms with E-state index in [0.717, 1.165) is 22.1 Å². The number of hydrogen-bond donors (Lipinski definition) is 2. The summed E-state index contributed by atoms with van der Waals surface area (Å²) in [5, 5.41) is 5.99. The zero-order valence-electron chi connectivity index (χ0n) is 12.9. The van der Waals surface area contributed by atoms with Gasteiger partial charge in [-0.05, 0) is 38.0 Å². The van der Waals surface area contributed by atoms with Gasteiger partial charge in [-0.3, -0.25) is 4.79 Å². The number of anilines is 2. The molecule has 1 amide bonds. The first-order valence-corrected chi connectivity index (χ1v) is 7.95. The molecule has 1 unspecified atom stereocenters. The van der Waals surface area contributed by atoms with E-state index >= 15 is 0 Å². The van der Waals surface area contributed by atoms with Crippen molar-refractivity contribution in [1.82, 2.24) is 9.97 Å². The van der Waals surface area contributed by atoms with Crippen LogP contribution in [0.3, 0.4) is 0 Å². The number of benzene rings is 1. The molecule has 116 valence electrons. The first-order valence-electron chi connectivity index (χ1n) is 7.15. The molecule has 2 rings (SSSR count). The molecule has 5 nitrogen and oxygen atoms in total. The normalized spacial score (nSPS) is 11.8. The van der Waals surface area contributed by atoms with Gasteiger partial charge in [0.15, 0.2) is 0 Å². The summed E-state index contributed by atoms with van der Waals surface area (Å²) in [5.41, 5.74) is 2.26. The van der Waals surface area contributed by atoms with E-state index < -0.39 is 0 Å². The monoisotopic (exact) mass is 362 g/mol. The lowest BCUT2D eigenvalue weighted by Crippen LogP contribution is -2.17. The molecule has 0 aliphatic carbocycles. The molecule has 0 aliphatic rings. The summed E-state index contributed by atoms with van der Waals surface area (Å²) < 4.78 is 0.953. The van der Waals surface area contributed by atoms with Crippen LogP contribution in [-0.4, -0.2) is 21.9 Å². The number of hydrogen-bond acceptors (Lipinski definition) is 4. The van der Waals surface area contributed by atoms with E-state index in [4.69, 9.17) is 0 Å². The first kappa shape index (κ1) is 16.4. The fraction of sp³-hybridized carbons (Fsp3) is 0.312. The second kappa shape index (κ2) is 7.35. The topological polar surface area (TPSA) is 66.9 Å². The van der Waals surface area contributed by atoms with Gasteiger partial charge in [-0.2, -0.15) is 0 Å². The molecule has 2 aromatic rings. The number of amides is 1. The molecule has 6 heteroatoms. The summed E-state index contributed by atoms with van der Waals surface area (Å²) in [6.07, 6.45) is 4.03. The molecule has 0 saturated heterocycles. The van der Waals surface area contributed by atoms with Gasteiger partial charge in [0, 0.05) is 28.6 Å². The summed E-state index contributed by atoms with van der Waals surface area (Å²) in [4.78, 5) is 20.5. The van der Waals surface area contributed by atoms with Gasteiger partial charge in [0.25, 0.3) is 5.91 Å². The van der Waals surface area contributed by atoms with Crippen LogP contribution in [0, 0.1) is 6.92 Å². The summed E-state index contributed by atoms with van der Waals surface area (Å²) in [6.45, 7) is 6.13. The minimum atomic E-state index is -0.231. The Kier molecular flexibility index (Phi) is 5.49. The Balaban J connectivity index is 2.04. The third-order valence-corrected chi connectivity index (χ3v) is 4.19. The van der Waals surface area contributed by atoms with Crippen LogP contribution >= 0.6 is 15.9 Å². The second-order valence-corrected chi connectivity index (χ2v) is 6.02. The van der Waals surface area contributed by atoms with Gasteiger partial charge in [-0.15, -0.1) is 0 Å². The first-order chi connectivity index (χ1) is 10.5. The van der Waals surface area contributed by atoms with Gasteiger partial charge in [0.05, 0.1) is 5.56 Å². The van der Waals surface area contributed by atoms with E-state index in [2.05, 4.69) is 50.4 Å². The molecular formula is C16H19BrN4O. The van der Waals surface area contributed by atoms with E-state index in [1.165, 1.54) is 12.4 Å². The highest BCUT2D eigenvalue weighted by Crippen LogP contribution is 2.21. The van der Waals surface area contributed by atoms with Crippen LogP contribution in [0.25, 0.3) is 0 Å². The maximum absolute atomic E-state index is 12.2. The van der Waals surface area contributed by atoms with Crippen molar-refractivity contribution in [2.75, 3.05) is 10.6 Å². The van der Waals surface area contributed by atoms with Crippen LogP contribution in [0.15, 0.2) is 35.1 Å². The van der Waals surface area contributed by atoms with Gasteiger partial charge in [0.1, 0.15) is 0 Å². The van der Waals surface area contributed by atoms with Crippen molar-refractivity contribution < 1.29 is 4.79 Å². The summed E-state index contributed by atoms with van der Waals surface area (Å²) in [5.74, 6) is 0.301. The van der Waals surface area contributed by atoms with Crippen LogP contribution in [0.2, 0.25) is 0 Å². The number of nitrogens with one attached hydrogen (secondary N) is 2. The Hall–Kier alpha value is -1.95. The minimum Gasteiger partial charge on any atom is -0.352 e. The highest BCUT2D eigenvalue weighted by atomic mass is 79.9. The second-order valence-electron chi connectivity index (χ2n) is 5.17. The predicted octanol–water partition coefficient (Wildman–Crippen LogP) is 4.01. The fourth-order valence-corrected chi connectivity index (χ4v) is 2.09. The molecule has 1 aromatic carbocycles. The Bertz CT molecular complexity index is 658. The number of carbonyl (C=O) groups excluding carboxylic acids is 1. The maximum atomic E-state index is 12.2. The minimum absolute atomic E-state index is 0.231. The zero-order valence-corrected chi connectivity index (χ0v) is 14.4. The third kappa shape index (κ3) is 4.27. The number of aryl methyl sites for hydroxylation is 1. The largest absolute Gasteiger partial charge is 0.352 e. The molecule has 0 spiro atoms. The lowest BCUT2D eigenvalue weighted by Gasteiger charge is -2.11. The number of rotatable bonds is 5. The van der Waals surface area contributed by atoms with Gasteiger partial charge in [-0.25, -0.2) is 9.97 Å². The third-order valence-electron chi connectivity index (χ3n) is 3.33. The van der Waals surface area contributed by atoms with Crippen molar-refractivity contribution in [3.8, 4) is 0 Å². The molecule has 1 atom stereocenters. The van der Waals surface area contributed by atoms with Gasteiger partial charge < -0.3 is 10.6 Å². The van der Waals surface area contributed by atoms with Crippen LogP contribution in [0.5, 0.6) is 0 Å². The fourth-order valence-electron chi connectivity index (χ4n) is 1.72. The SMILES string of the molecule is CCC(C)Nc1ncc(C(=O)Nc2ccc(C)c(Br)c2)cn1. The van der Waals surface area contributed by atoms with Gasteiger partial charge in [-0.1, -0.05) is 28.9 Å². The Morgan fingerprint density at radius 2 is 2.00 bits per heavy atom. The number of nitrogens with zero attached hydrogens (tertiary/aromatic N) is 2. The zero-order chi connectivity index (χ0) is 16.1. The van der Waals surface area contributed by atoms with Crippen LogP contribution < -0.4 is 10.6 Å². The van der Waals surface area contributed by atoms with E-state index in [-0.39, 0.29) is 5.91 Å². The standard InChI is InChI=1S/C16H19BrN4O/c1-4-11(3)20-16-18-8-12(9-19-16)15(22)21-13-6-5-10(2)14(17)7-13/h5-9,11H,4H2,1-3H3,(H,21,22)(H,18,19,20). The average Bonchev–Trinajstić information content (AvgIpc) is 2.51. The number of halogens is 1.